The van der Waals surface area contributed by atoms with Crippen LogP contribution in [0.5, 0.6) is 5.75 Å². The minimum Gasteiger partial charge on any atom is -0.493 e. The van der Waals surface area contributed by atoms with E-state index in [2.05, 4.69) is 5.32 Å². The Bertz CT molecular complexity index is 842. The van der Waals surface area contributed by atoms with Crippen LogP contribution in [0.1, 0.15) is 30.1 Å². The van der Waals surface area contributed by atoms with Crippen LogP contribution in [0, 0.1) is 5.41 Å². The molecule has 0 unspecified atom stereocenters. The van der Waals surface area contributed by atoms with Crippen LogP contribution in [0.2, 0.25) is 0 Å². The van der Waals surface area contributed by atoms with Gasteiger partial charge < -0.3 is 19.9 Å². The third-order valence-corrected chi connectivity index (χ3v) is 5.11. The minimum atomic E-state index is -0.965. The van der Waals surface area contributed by atoms with Gasteiger partial charge in [0.2, 0.25) is 0 Å². The first-order chi connectivity index (χ1) is 13.6. The standard InChI is InChI=1S/C22H25NO5/c1-2-28-19-9-4-3-8-18(19)16-6-5-7-17(14-16)20(24)23-15-22(21(25)26)10-12-27-13-11-22/h3-9,14H,2,10-13,15H2,1H3,(H,23,24)(H,25,26). The van der Waals surface area contributed by atoms with Crippen molar-refractivity contribution >= 4 is 11.9 Å². The van der Waals surface area contributed by atoms with Gasteiger partial charge in [0.25, 0.3) is 5.91 Å². The van der Waals surface area contributed by atoms with Crippen LogP contribution in [0.25, 0.3) is 11.1 Å². The van der Waals surface area contributed by atoms with Crippen molar-refractivity contribution < 1.29 is 24.2 Å². The van der Waals surface area contributed by atoms with Crippen LogP contribution in [0.4, 0.5) is 0 Å². The van der Waals surface area contributed by atoms with Gasteiger partial charge in [-0.3, -0.25) is 9.59 Å². The molecule has 0 radical (unpaired) electrons. The minimum absolute atomic E-state index is 0.0876. The number of hydrogen-bond acceptors (Lipinski definition) is 4. The molecule has 148 valence electrons. The molecule has 1 saturated heterocycles. The molecule has 0 bridgehead atoms. The van der Waals surface area contributed by atoms with E-state index in [0.29, 0.717) is 38.2 Å². The molecule has 2 aromatic rings. The first kappa shape index (κ1) is 19.9. The van der Waals surface area contributed by atoms with E-state index in [1.54, 1.807) is 12.1 Å². The third-order valence-electron chi connectivity index (χ3n) is 5.11. The van der Waals surface area contributed by atoms with Crippen molar-refractivity contribution in [3.05, 3.63) is 54.1 Å². The Hall–Kier alpha value is -2.86. The average molecular weight is 383 g/mol. The highest BCUT2D eigenvalue weighted by atomic mass is 16.5. The van der Waals surface area contributed by atoms with Gasteiger partial charge in [-0.1, -0.05) is 30.3 Å². The summed E-state index contributed by atoms with van der Waals surface area (Å²) < 4.78 is 11.0. The molecular weight excluding hydrogens is 358 g/mol. The maximum absolute atomic E-state index is 12.7. The van der Waals surface area contributed by atoms with Gasteiger partial charge in [-0.15, -0.1) is 0 Å². The van der Waals surface area contributed by atoms with Gasteiger partial charge in [0.1, 0.15) is 5.75 Å². The van der Waals surface area contributed by atoms with E-state index in [-0.39, 0.29) is 12.5 Å². The second-order valence-corrected chi connectivity index (χ2v) is 6.89. The maximum atomic E-state index is 12.7. The molecule has 3 rings (SSSR count). The zero-order chi connectivity index (χ0) is 20.0. The number of nitrogens with one attached hydrogen (secondary N) is 1. The molecule has 1 heterocycles. The number of aliphatic carboxylic acids is 1. The van der Waals surface area contributed by atoms with Gasteiger partial charge in [0.05, 0.1) is 12.0 Å². The quantitative estimate of drug-likeness (QED) is 0.766. The number of benzene rings is 2. The average Bonchev–Trinajstić information content (AvgIpc) is 2.73. The predicted octanol–water partition coefficient (Wildman–Crippen LogP) is 3.36. The Morgan fingerprint density at radius 3 is 2.61 bits per heavy atom. The van der Waals surface area contributed by atoms with Crippen LogP contribution < -0.4 is 10.1 Å². The molecule has 1 aliphatic heterocycles. The monoisotopic (exact) mass is 383 g/mol. The van der Waals surface area contributed by atoms with Crippen LogP contribution in [-0.4, -0.2) is 43.3 Å². The largest absolute Gasteiger partial charge is 0.493 e. The third kappa shape index (κ3) is 4.34. The SMILES string of the molecule is CCOc1ccccc1-c1cccc(C(=O)NCC2(C(=O)O)CCOCC2)c1. The van der Waals surface area contributed by atoms with Crippen molar-refractivity contribution in [1.82, 2.24) is 5.32 Å². The summed E-state index contributed by atoms with van der Waals surface area (Å²) in [4.78, 5) is 24.4. The lowest BCUT2D eigenvalue weighted by Gasteiger charge is -2.33. The van der Waals surface area contributed by atoms with E-state index in [0.717, 1.165) is 16.9 Å². The second kappa shape index (κ2) is 8.89. The molecule has 28 heavy (non-hydrogen) atoms. The number of carboxylic acid groups (broad SMARTS) is 1. The number of amides is 1. The number of carboxylic acids is 1. The van der Waals surface area contributed by atoms with E-state index >= 15 is 0 Å². The van der Waals surface area contributed by atoms with Crippen molar-refractivity contribution in [1.29, 1.82) is 0 Å². The van der Waals surface area contributed by atoms with Gasteiger partial charge >= 0.3 is 5.97 Å². The fourth-order valence-electron chi connectivity index (χ4n) is 3.39. The lowest BCUT2D eigenvalue weighted by Crippen LogP contribution is -2.46. The Morgan fingerprint density at radius 2 is 1.89 bits per heavy atom. The molecule has 1 fully saturated rings. The lowest BCUT2D eigenvalue weighted by atomic mass is 9.80. The van der Waals surface area contributed by atoms with Crippen LogP contribution >= 0.6 is 0 Å². The zero-order valence-corrected chi connectivity index (χ0v) is 15.9. The van der Waals surface area contributed by atoms with Gasteiger partial charge in [-0.2, -0.15) is 0 Å². The summed E-state index contributed by atoms with van der Waals surface area (Å²) in [5.41, 5.74) is 1.30. The summed E-state index contributed by atoms with van der Waals surface area (Å²) in [6.07, 6.45) is 0.786. The van der Waals surface area contributed by atoms with E-state index in [1.807, 2.05) is 43.3 Å². The van der Waals surface area contributed by atoms with Crippen molar-refractivity contribution in [2.45, 2.75) is 19.8 Å². The Morgan fingerprint density at radius 1 is 1.14 bits per heavy atom. The molecule has 0 aliphatic carbocycles. The predicted molar refractivity (Wildman–Crippen MR) is 106 cm³/mol. The summed E-state index contributed by atoms with van der Waals surface area (Å²) in [7, 11) is 0. The first-order valence-corrected chi connectivity index (χ1v) is 9.47. The summed E-state index contributed by atoms with van der Waals surface area (Å²) in [6, 6.07) is 14.9. The van der Waals surface area contributed by atoms with Gasteiger partial charge in [0.15, 0.2) is 0 Å². The summed E-state index contributed by atoms with van der Waals surface area (Å²) in [6.45, 7) is 3.36. The Balaban J connectivity index is 1.77. The molecule has 6 nitrogen and oxygen atoms in total. The summed E-state index contributed by atoms with van der Waals surface area (Å²) in [5, 5.41) is 12.4. The zero-order valence-electron chi connectivity index (χ0n) is 15.9. The van der Waals surface area contributed by atoms with Crippen LogP contribution in [-0.2, 0) is 9.53 Å². The number of carbonyl (C=O) groups is 2. The van der Waals surface area contributed by atoms with E-state index in [4.69, 9.17) is 9.47 Å². The molecule has 0 atom stereocenters. The van der Waals surface area contributed by atoms with E-state index in [1.165, 1.54) is 0 Å². The smallest absolute Gasteiger partial charge is 0.311 e. The highest BCUT2D eigenvalue weighted by molar-refractivity contribution is 5.96. The Kier molecular flexibility index (Phi) is 6.31. The molecule has 0 saturated carbocycles. The summed E-state index contributed by atoms with van der Waals surface area (Å²) in [5.74, 6) is -0.423. The summed E-state index contributed by atoms with van der Waals surface area (Å²) >= 11 is 0. The Labute approximate surface area is 164 Å². The first-order valence-electron chi connectivity index (χ1n) is 9.47. The van der Waals surface area contributed by atoms with Crippen LogP contribution in [0.3, 0.4) is 0 Å². The number of carbonyl (C=O) groups excluding carboxylic acids is 1. The van der Waals surface area contributed by atoms with Crippen molar-refractivity contribution in [2.24, 2.45) is 5.41 Å². The molecule has 2 aromatic carbocycles. The fraction of sp³-hybridized carbons (Fsp3) is 0.364. The molecular formula is C22H25NO5. The number of hydrogen-bond donors (Lipinski definition) is 2. The van der Waals surface area contributed by atoms with Gasteiger partial charge in [-0.25, -0.2) is 0 Å². The molecule has 1 aliphatic rings. The highest BCUT2D eigenvalue weighted by Crippen LogP contribution is 2.31. The van der Waals surface area contributed by atoms with Crippen molar-refractivity contribution in [3.8, 4) is 16.9 Å². The van der Waals surface area contributed by atoms with Gasteiger partial charge in [-0.05, 0) is 43.5 Å². The van der Waals surface area contributed by atoms with Gasteiger partial charge in [0, 0.05) is 30.9 Å². The molecule has 1 amide bonds. The topological polar surface area (TPSA) is 84.9 Å². The molecule has 0 spiro atoms. The van der Waals surface area contributed by atoms with E-state index < -0.39 is 11.4 Å². The number of ether oxygens (including phenoxy) is 2. The van der Waals surface area contributed by atoms with Crippen molar-refractivity contribution in [2.75, 3.05) is 26.4 Å². The lowest BCUT2D eigenvalue weighted by molar-refractivity contribution is -0.154. The normalized spacial score (nSPS) is 15.6. The molecule has 2 N–H and O–H groups in total. The number of rotatable bonds is 7. The van der Waals surface area contributed by atoms with Crippen LogP contribution in [0.15, 0.2) is 48.5 Å². The second-order valence-electron chi connectivity index (χ2n) is 6.89. The van der Waals surface area contributed by atoms with E-state index in [9.17, 15) is 14.7 Å². The highest BCUT2D eigenvalue weighted by Gasteiger charge is 2.40. The maximum Gasteiger partial charge on any atom is 0.311 e. The fourth-order valence-corrected chi connectivity index (χ4v) is 3.39. The molecule has 0 aromatic heterocycles. The number of para-hydroxylation sites is 1. The van der Waals surface area contributed by atoms with Crippen molar-refractivity contribution in [3.63, 3.8) is 0 Å². The molecule has 6 heteroatoms.